The minimum absolute atomic E-state index is 0.285. The number of nitrogens with one attached hydrogen (secondary N) is 2. The third kappa shape index (κ3) is 2.76. The number of aromatic nitrogens is 1. The third-order valence-electron chi connectivity index (χ3n) is 3.33. The van der Waals surface area contributed by atoms with Crippen LogP contribution >= 0.6 is 0 Å². The number of methoxy groups -OCH3 is 2. The maximum Gasteiger partial charge on any atom is 0.417 e. The Kier molecular flexibility index (Phi) is 3.76. The molecule has 0 fully saturated rings. The van der Waals surface area contributed by atoms with Crippen LogP contribution < -0.4 is 20.5 Å². The van der Waals surface area contributed by atoms with Crippen molar-refractivity contribution in [2.45, 2.75) is 0 Å². The number of benzene rings is 2. The molecule has 2 N–H and O–H groups in total. The van der Waals surface area contributed by atoms with E-state index in [0.29, 0.717) is 28.3 Å². The van der Waals surface area contributed by atoms with E-state index in [-0.39, 0.29) is 5.56 Å². The van der Waals surface area contributed by atoms with Crippen molar-refractivity contribution >= 4 is 22.7 Å². The van der Waals surface area contributed by atoms with E-state index >= 15 is 0 Å². The first kappa shape index (κ1) is 14.7. The summed E-state index contributed by atoms with van der Waals surface area (Å²) in [5.41, 5.74) is 1.69. The molecular formula is C16H14N2O5. The Hall–Kier alpha value is -3.22. The second-order valence-electron chi connectivity index (χ2n) is 4.72. The fraction of sp³-hybridized carbons (Fsp3) is 0.125. The summed E-state index contributed by atoms with van der Waals surface area (Å²) in [4.78, 5) is 26.2. The number of hydrogen-bond donors (Lipinski definition) is 2. The zero-order valence-electron chi connectivity index (χ0n) is 12.5. The van der Waals surface area contributed by atoms with Gasteiger partial charge >= 0.3 is 5.76 Å². The average molecular weight is 314 g/mol. The lowest BCUT2D eigenvalue weighted by molar-refractivity contribution is 0.102. The summed E-state index contributed by atoms with van der Waals surface area (Å²) < 4.78 is 15.4. The van der Waals surface area contributed by atoms with Crippen LogP contribution in [0.3, 0.4) is 0 Å². The molecule has 0 saturated heterocycles. The summed E-state index contributed by atoms with van der Waals surface area (Å²) >= 11 is 0. The van der Waals surface area contributed by atoms with Gasteiger partial charge < -0.3 is 19.2 Å². The molecule has 7 heteroatoms. The number of fused-ring (bicyclic) bond motifs is 1. The molecule has 0 saturated carbocycles. The van der Waals surface area contributed by atoms with Gasteiger partial charge in [0.2, 0.25) is 0 Å². The van der Waals surface area contributed by atoms with E-state index in [2.05, 4.69) is 10.3 Å². The number of anilines is 1. The number of hydrogen-bond acceptors (Lipinski definition) is 5. The van der Waals surface area contributed by atoms with Gasteiger partial charge in [0, 0.05) is 11.8 Å². The van der Waals surface area contributed by atoms with E-state index in [4.69, 9.17) is 13.9 Å². The van der Waals surface area contributed by atoms with Crippen molar-refractivity contribution in [2.24, 2.45) is 0 Å². The van der Waals surface area contributed by atoms with E-state index in [1.807, 2.05) is 0 Å². The van der Waals surface area contributed by atoms with Crippen molar-refractivity contribution in [1.29, 1.82) is 0 Å². The molecule has 0 atom stereocenters. The molecule has 0 unspecified atom stereocenters. The monoisotopic (exact) mass is 314 g/mol. The van der Waals surface area contributed by atoms with Crippen molar-refractivity contribution in [1.82, 2.24) is 4.98 Å². The Labute approximate surface area is 130 Å². The Morgan fingerprint density at radius 2 is 1.83 bits per heavy atom. The smallest absolute Gasteiger partial charge is 0.417 e. The van der Waals surface area contributed by atoms with Gasteiger partial charge in [-0.3, -0.25) is 9.78 Å². The molecule has 23 heavy (non-hydrogen) atoms. The van der Waals surface area contributed by atoms with Crippen LogP contribution in [0.4, 0.5) is 5.69 Å². The topological polar surface area (TPSA) is 93.6 Å². The maximum atomic E-state index is 12.5. The highest BCUT2D eigenvalue weighted by atomic mass is 16.5. The molecule has 0 spiro atoms. The number of oxazole rings is 1. The van der Waals surface area contributed by atoms with Crippen LogP contribution in [0.25, 0.3) is 11.1 Å². The Morgan fingerprint density at radius 1 is 1.13 bits per heavy atom. The molecule has 0 aliphatic rings. The van der Waals surface area contributed by atoms with Gasteiger partial charge in [0.25, 0.3) is 5.91 Å². The van der Waals surface area contributed by atoms with Crippen molar-refractivity contribution < 1.29 is 18.7 Å². The van der Waals surface area contributed by atoms with Gasteiger partial charge in [0.05, 0.1) is 19.7 Å². The number of carbonyl (C=O) groups excluding carboxylic acids is 1. The Balaban J connectivity index is 1.95. The normalized spacial score (nSPS) is 10.5. The zero-order chi connectivity index (χ0) is 16.4. The number of aromatic amines is 1. The van der Waals surface area contributed by atoms with Crippen LogP contribution in [0.5, 0.6) is 11.5 Å². The van der Waals surface area contributed by atoms with Gasteiger partial charge in [-0.2, -0.15) is 0 Å². The standard InChI is InChI=1S/C16H14N2O5/c1-21-11-4-3-5-12(22-2)14(11)15(19)17-9-6-7-10-13(8-9)23-16(20)18-10/h3-8H,1-2H3,(H,17,19)(H,18,20). The van der Waals surface area contributed by atoms with Gasteiger partial charge in [-0.05, 0) is 24.3 Å². The molecule has 0 aliphatic heterocycles. The molecule has 0 bridgehead atoms. The molecule has 3 aromatic rings. The SMILES string of the molecule is COc1cccc(OC)c1C(=O)Nc1ccc2[nH]c(=O)oc2c1. The highest BCUT2D eigenvalue weighted by Crippen LogP contribution is 2.29. The largest absolute Gasteiger partial charge is 0.496 e. The lowest BCUT2D eigenvalue weighted by Crippen LogP contribution is -2.14. The molecule has 2 aromatic carbocycles. The summed E-state index contributed by atoms with van der Waals surface area (Å²) in [7, 11) is 2.96. The summed E-state index contributed by atoms with van der Waals surface area (Å²) in [5.74, 6) is -0.140. The molecule has 1 aromatic heterocycles. The van der Waals surface area contributed by atoms with Gasteiger partial charge in [0.15, 0.2) is 5.58 Å². The molecule has 1 amide bonds. The molecular weight excluding hydrogens is 300 g/mol. The molecule has 0 radical (unpaired) electrons. The third-order valence-corrected chi connectivity index (χ3v) is 3.33. The second kappa shape index (κ2) is 5.88. The number of amides is 1. The van der Waals surface area contributed by atoms with E-state index in [1.54, 1.807) is 36.4 Å². The predicted molar refractivity (Wildman–Crippen MR) is 84.3 cm³/mol. The predicted octanol–water partition coefficient (Wildman–Crippen LogP) is 2.39. The van der Waals surface area contributed by atoms with Crippen molar-refractivity contribution in [3.63, 3.8) is 0 Å². The maximum absolute atomic E-state index is 12.5. The first-order valence-electron chi connectivity index (χ1n) is 6.77. The van der Waals surface area contributed by atoms with E-state index in [1.165, 1.54) is 14.2 Å². The van der Waals surface area contributed by atoms with E-state index < -0.39 is 11.7 Å². The van der Waals surface area contributed by atoms with Crippen LogP contribution in [0, 0.1) is 0 Å². The zero-order valence-corrected chi connectivity index (χ0v) is 12.5. The number of H-pyrrole nitrogens is 1. The van der Waals surface area contributed by atoms with E-state index in [0.717, 1.165) is 0 Å². The minimum Gasteiger partial charge on any atom is -0.496 e. The van der Waals surface area contributed by atoms with Crippen LogP contribution in [-0.2, 0) is 0 Å². The fourth-order valence-electron chi connectivity index (χ4n) is 2.29. The molecule has 118 valence electrons. The molecule has 7 nitrogen and oxygen atoms in total. The van der Waals surface area contributed by atoms with Crippen LogP contribution in [0.1, 0.15) is 10.4 Å². The van der Waals surface area contributed by atoms with Gasteiger partial charge in [-0.25, -0.2) is 4.79 Å². The molecule has 1 heterocycles. The van der Waals surface area contributed by atoms with Crippen molar-refractivity contribution in [2.75, 3.05) is 19.5 Å². The minimum atomic E-state index is -0.546. The number of ether oxygens (including phenoxy) is 2. The Morgan fingerprint density at radius 3 is 2.48 bits per heavy atom. The van der Waals surface area contributed by atoms with Gasteiger partial charge in [-0.1, -0.05) is 6.07 Å². The second-order valence-corrected chi connectivity index (χ2v) is 4.72. The number of rotatable bonds is 4. The Bertz CT molecular complexity index is 903. The average Bonchev–Trinajstić information content (AvgIpc) is 2.93. The van der Waals surface area contributed by atoms with Crippen LogP contribution in [0.2, 0.25) is 0 Å². The highest BCUT2D eigenvalue weighted by Gasteiger charge is 2.18. The summed E-state index contributed by atoms with van der Waals surface area (Å²) in [6, 6.07) is 9.95. The summed E-state index contributed by atoms with van der Waals surface area (Å²) in [6.45, 7) is 0. The fourth-order valence-corrected chi connectivity index (χ4v) is 2.29. The van der Waals surface area contributed by atoms with Gasteiger partial charge in [0.1, 0.15) is 17.1 Å². The molecule has 0 aliphatic carbocycles. The lowest BCUT2D eigenvalue weighted by Gasteiger charge is -2.12. The molecule has 3 rings (SSSR count). The number of carbonyl (C=O) groups is 1. The summed E-state index contributed by atoms with van der Waals surface area (Å²) in [5, 5.41) is 2.73. The first-order chi connectivity index (χ1) is 11.1. The van der Waals surface area contributed by atoms with Crippen LogP contribution in [0.15, 0.2) is 45.6 Å². The lowest BCUT2D eigenvalue weighted by atomic mass is 10.1. The van der Waals surface area contributed by atoms with Crippen molar-refractivity contribution in [3.8, 4) is 11.5 Å². The quantitative estimate of drug-likeness (QED) is 0.771. The summed E-state index contributed by atoms with van der Waals surface area (Å²) in [6.07, 6.45) is 0. The highest BCUT2D eigenvalue weighted by molar-refractivity contribution is 6.08. The first-order valence-corrected chi connectivity index (χ1v) is 6.77. The van der Waals surface area contributed by atoms with Crippen LogP contribution in [-0.4, -0.2) is 25.1 Å². The van der Waals surface area contributed by atoms with Crippen molar-refractivity contribution in [3.05, 3.63) is 52.5 Å². The van der Waals surface area contributed by atoms with E-state index in [9.17, 15) is 9.59 Å². The van der Waals surface area contributed by atoms with Gasteiger partial charge in [-0.15, -0.1) is 0 Å².